The quantitative estimate of drug-likeness (QED) is 0.644. The standard InChI is InChI=1S/C21H27ClO/c1-12-4-9-19(22)20-14(12)5-6-15-16(20)10-11-21(3)17(13(2)23)7-8-18(15)21/h4,9,15-18H,5-8,10-11H2,1-3H3/t15-,16+,17-,18+,21-/m1/s1. The maximum absolute atomic E-state index is 12.1. The first kappa shape index (κ1) is 15.7. The number of benzene rings is 1. The summed E-state index contributed by atoms with van der Waals surface area (Å²) in [6.07, 6.45) is 7.18. The van der Waals surface area contributed by atoms with Crippen molar-refractivity contribution >= 4 is 17.4 Å². The van der Waals surface area contributed by atoms with Gasteiger partial charge in [-0.25, -0.2) is 0 Å². The van der Waals surface area contributed by atoms with Crippen LogP contribution in [0.15, 0.2) is 12.1 Å². The maximum Gasteiger partial charge on any atom is 0.133 e. The molecule has 1 aromatic carbocycles. The van der Waals surface area contributed by atoms with Crippen molar-refractivity contribution in [1.29, 1.82) is 0 Å². The number of carbonyl (C=O) groups excluding carboxylic acids is 1. The van der Waals surface area contributed by atoms with Gasteiger partial charge in [-0.3, -0.25) is 4.79 Å². The van der Waals surface area contributed by atoms with Crippen LogP contribution in [0.2, 0.25) is 5.02 Å². The maximum atomic E-state index is 12.1. The van der Waals surface area contributed by atoms with E-state index in [-0.39, 0.29) is 5.41 Å². The first-order valence-corrected chi connectivity index (χ1v) is 9.59. The van der Waals surface area contributed by atoms with Gasteiger partial charge in [-0.1, -0.05) is 24.6 Å². The van der Waals surface area contributed by atoms with Crippen LogP contribution in [0.1, 0.15) is 68.6 Å². The molecular formula is C21H27ClO. The van der Waals surface area contributed by atoms with Crippen LogP contribution in [0.5, 0.6) is 0 Å². The molecule has 0 saturated heterocycles. The molecule has 0 spiro atoms. The van der Waals surface area contributed by atoms with Gasteiger partial charge in [0.25, 0.3) is 0 Å². The molecule has 0 heterocycles. The fourth-order valence-corrected chi connectivity index (χ4v) is 6.82. The molecule has 4 rings (SSSR count). The van der Waals surface area contributed by atoms with Gasteiger partial charge in [0.1, 0.15) is 5.78 Å². The van der Waals surface area contributed by atoms with E-state index in [2.05, 4.69) is 26.0 Å². The number of aryl methyl sites for hydroxylation is 1. The SMILES string of the molecule is CC(=O)[C@H]1CC[C@H]2[C@@H]3CCc4c(C)ccc(Cl)c4[C@H]3CC[C@]12C. The molecule has 5 atom stereocenters. The van der Waals surface area contributed by atoms with Gasteiger partial charge in [0.2, 0.25) is 0 Å². The van der Waals surface area contributed by atoms with Gasteiger partial charge in [-0.2, -0.15) is 0 Å². The molecule has 2 fully saturated rings. The number of halogens is 1. The number of hydrogen-bond donors (Lipinski definition) is 0. The first-order valence-electron chi connectivity index (χ1n) is 9.22. The minimum absolute atomic E-state index is 0.237. The van der Waals surface area contributed by atoms with Gasteiger partial charge in [0.05, 0.1) is 0 Å². The van der Waals surface area contributed by atoms with E-state index < -0.39 is 0 Å². The van der Waals surface area contributed by atoms with E-state index in [1.165, 1.54) is 48.8 Å². The van der Waals surface area contributed by atoms with Gasteiger partial charge in [0.15, 0.2) is 0 Å². The summed E-state index contributed by atoms with van der Waals surface area (Å²) in [7, 11) is 0. The summed E-state index contributed by atoms with van der Waals surface area (Å²) in [6.45, 7) is 6.44. The Morgan fingerprint density at radius 1 is 1.22 bits per heavy atom. The number of ketones is 1. The van der Waals surface area contributed by atoms with Gasteiger partial charge >= 0.3 is 0 Å². The number of rotatable bonds is 1. The highest BCUT2D eigenvalue weighted by Gasteiger charge is 2.56. The smallest absolute Gasteiger partial charge is 0.133 e. The summed E-state index contributed by atoms with van der Waals surface area (Å²) >= 11 is 6.64. The summed E-state index contributed by atoms with van der Waals surface area (Å²) in [5.74, 6) is 2.76. The molecule has 1 aromatic rings. The van der Waals surface area contributed by atoms with Crippen LogP contribution in [0.3, 0.4) is 0 Å². The Morgan fingerprint density at radius 2 is 2.00 bits per heavy atom. The molecule has 0 aromatic heterocycles. The zero-order valence-electron chi connectivity index (χ0n) is 14.5. The minimum atomic E-state index is 0.237. The van der Waals surface area contributed by atoms with Crippen molar-refractivity contribution in [3.05, 3.63) is 33.8 Å². The summed E-state index contributed by atoms with van der Waals surface area (Å²) < 4.78 is 0. The predicted molar refractivity (Wildman–Crippen MR) is 95.0 cm³/mol. The molecule has 0 amide bonds. The predicted octanol–water partition coefficient (Wildman–Crippen LogP) is 5.71. The lowest BCUT2D eigenvalue weighted by Gasteiger charge is -2.51. The zero-order chi connectivity index (χ0) is 16.4. The Hall–Kier alpha value is -0.820. The van der Waals surface area contributed by atoms with Crippen LogP contribution in [-0.2, 0) is 11.2 Å². The van der Waals surface area contributed by atoms with Crippen molar-refractivity contribution in [3.63, 3.8) is 0 Å². The van der Waals surface area contributed by atoms with E-state index in [1.54, 1.807) is 6.92 Å². The van der Waals surface area contributed by atoms with Crippen molar-refractivity contribution in [2.24, 2.45) is 23.2 Å². The molecule has 3 aliphatic rings. The topological polar surface area (TPSA) is 17.1 Å². The highest BCUT2D eigenvalue weighted by molar-refractivity contribution is 6.31. The molecule has 0 unspecified atom stereocenters. The van der Waals surface area contributed by atoms with Crippen molar-refractivity contribution in [2.45, 2.75) is 65.2 Å². The molecule has 0 radical (unpaired) electrons. The summed E-state index contributed by atoms with van der Waals surface area (Å²) in [4.78, 5) is 12.1. The van der Waals surface area contributed by atoms with E-state index in [0.717, 1.165) is 17.4 Å². The molecule has 0 bridgehead atoms. The highest BCUT2D eigenvalue weighted by atomic mass is 35.5. The summed E-state index contributed by atoms with van der Waals surface area (Å²) in [5, 5.41) is 0.977. The highest BCUT2D eigenvalue weighted by Crippen LogP contribution is 2.63. The zero-order valence-corrected chi connectivity index (χ0v) is 15.2. The molecule has 2 heteroatoms. The Kier molecular flexibility index (Phi) is 3.65. The van der Waals surface area contributed by atoms with Crippen LogP contribution in [-0.4, -0.2) is 5.78 Å². The average molecular weight is 331 g/mol. The Labute approximate surface area is 144 Å². The van der Waals surface area contributed by atoms with Crippen LogP contribution >= 0.6 is 11.6 Å². The van der Waals surface area contributed by atoms with Crippen LogP contribution in [0, 0.1) is 30.1 Å². The van der Waals surface area contributed by atoms with E-state index in [0.29, 0.717) is 23.5 Å². The number of fused-ring (bicyclic) bond motifs is 5. The molecule has 124 valence electrons. The van der Waals surface area contributed by atoms with E-state index in [4.69, 9.17) is 11.6 Å². The molecule has 1 nitrogen and oxygen atoms in total. The van der Waals surface area contributed by atoms with Crippen LogP contribution < -0.4 is 0 Å². The van der Waals surface area contributed by atoms with E-state index in [1.807, 2.05) is 0 Å². The summed E-state index contributed by atoms with van der Waals surface area (Å²) in [6, 6.07) is 4.27. The van der Waals surface area contributed by atoms with Crippen LogP contribution in [0.25, 0.3) is 0 Å². The lowest BCUT2D eigenvalue weighted by molar-refractivity contribution is -0.125. The second-order valence-electron chi connectivity index (χ2n) is 8.46. The van der Waals surface area contributed by atoms with Gasteiger partial charge < -0.3 is 0 Å². The summed E-state index contributed by atoms with van der Waals surface area (Å²) in [5.41, 5.74) is 4.62. The molecular weight excluding hydrogens is 304 g/mol. The molecule has 0 aliphatic heterocycles. The fourth-order valence-electron chi connectivity index (χ4n) is 6.51. The second kappa shape index (κ2) is 5.34. The normalized spacial score (nSPS) is 38.6. The number of hydrogen-bond acceptors (Lipinski definition) is 1. The third kappa shape index (κ3) is 2.15. The average Bonchev–Trinajstić information content (AvgIpc) is 2.88. The molecule has 23 heavy (non-hydrogen) atoms. The van der Waals surface area contributed by atoms with Crippen molar-refractivity contribution < 1.29 is 4.79 Å². The van der Waals surface area contributed by atoms with Gasteiger partial charge in [-0.15, -0.1) is 0 Å². The van der Waals surface area contributed by atoms with Gasteiger partial charge in [0, 0.05) is 10.9 Å². The van der Waals surface area contributed by atoms with Crippen molar-refractivity contribution in [3.8, 4) is 0 Å². The Morgan fingerprint density at radius 3 is 2.74 bits per heavy atom. The lowest BCUT2D eigenvalue weighted by atomic mass is 9.53. The Balaban J connectivity index is 1.74. The largest absolute Gasteiger partial charge is 0.300 e. The van der Waals surface area contributed by atoms with Crippen molar-refractivity contribution in [1.82, 2.24) is 0 Å². The first-order chi connectivity index (χ1) is 10.9. The second-order valence-corrected chi connectivity index (χ2v) is 8.86. The number of carbonyl (C=O) groups is 1. The monoisotopic (exact) mass is 330 g/mol. The number of Topliss-reactive ketones (excluding diaryl/α,β-unsaturated/α-hetero) is 1. The van der Waals surface area contributed by atoms with Crippen LogP contribution in [0.4, 0.5) is 0 Å². The minimum Gasteiger partial charge on any atom is -0.300 e. The third-order valence-corrected chi connectivity index (χ3v) is 7.89. The van der Waals surface area contributed by atoms with E-state index in [9.17, 15) is 4.79 Å². The third-order valence-electron chi connectivity index (χ3n) is 7.56. The van der Waals surface area contributed by atoms with Gasteiger partial charge in [-0.05, 0) is 98.3 Å². The lowest BCUT2D eigenvalue weighted by Crippen LogP contribution is -2.43. The molecule has 2 saturated carbocycles. The van der Waals surface area contributed by atoms with Crippen molar-refractivity contribution in [2.75, 3.05) is 0 Å². The fraction of sp³-hybridized carbons (Fsp3) is 0.667. The Bertz CT molecular complexity index is 664. The molecule has 0 N–H and O–H groups in total. The van der Waals surface area contributed by atoms with E-state index >= 15 is 0 Å². The molecule has 3 aliphatic carbocycles.